The van der Waals surface area contributed by atoms with Crippen LogP contribution in [0, 0.1) is 0 Å². The fraction of sp³-hybridized carbons (Fsp3) is 0.556. The number of sulfonamides is 1. The van der Waals surface area contributed by atoms with E-state index in [0.29, 0.717) is 6.42 Å². The van der Waals surface area contributed by atoms with Gasteiger partial charge < -0.3 is 0 Å². The number of benzene rings is 1. The van der Waals surface area contributed by atoms with Crippen molar-refractivity contribution in [3.8, 4) is 0 Å². The number of hydrogen-bond acceptors (Lipinski definition) is 6. The van der Waals surface area contributed by atoms with E-state index in [9.17, 15) is 26.4 Å². The summed E-state index contributed by atoms with van der Waals surface area (Å²) >= 11 is 0. The van der Waals surface area contributed by atoms with Gasteiger partial charge in [-0.2, -0.15) is 4.31 Å². The molecule has 0 atom stereocenters. The fourth-order valence-electron chi connectivity index (χ4n) is 2.59. The molecule has 0 radical (unpaired) electrons. The molecule has 0 saturated heterocycles. The molecule has 0 aliphatic heterocycles. The summed E-state index contributed by atoms with van der Waals surface area (Å²) in [6.45, 7) is 5.94. The van der Waals surface area contributed by atoms with Crippen LogP contribution in [0.2, 0.25) is 0 Å². The molecule has 9 nitrogen and oxygen atoms in total. The highest BCUT2D eigenvalue weighted by Crippen LogP contribution is 2.16. The van der Waals surface area contributed by atoms with E-state index in [2.05, 4.69) is 10.9 Å². The second-order valence-corrected chi connectivity index (χ2v) is 10.5. The second kappa shape index (κ2) is 11.3. The van der Waals surface area contributed by atoms with E-state index in [0.717, 1.165) is 12.8 Å². The van der Waals surface area contributed by atoms with Gasteiger partial charge in [0, 0.05) is 18.7 Å². The number of carbonyl (C=O) groups is 2. The minimum atomic E-state index is -3.74. The van der Waals surface area contributed by atoms with E-state index in [4.69, 9.17) is 0 Å². The molecule has 0 bridgehead atoms. The zero-order valence-electron chi connectivity index (χ0n) is 17.0. The SMILES string of the molecule is CCCCCS(=O)(=O)CC(=O)NNC(=O)c1cccc(S(=O)(=O)N(CC)CC)c1. The third kappa shape index (κ3) is 7.75. The van der Waals surface area contributed by atoms with Gasteiger partial charge >= 0.3 is 0 Å². The number of nitrogens with one attached hydrogen (secondary N) is 2. The summed E-state index contributed by atoms with van der Waals surface area (Å²) < 4.78 is 50.1. The molecule has 0 saturated carbocycles. The quantitative estimate of drug-likeness (QED) is 0.386. The molecule has 1 aromatic carbocycles. The standard InChI is InChI=1S/C18H29N3O6S2/c1-4-7-8-12-28(24,25)14-17(22)19-20-18(23)15-10-9-11-16(13-15)29(26,27)21(5-2)6-3/h9-11,13H,4-8,12,14H2,1-3H3,(H,19,22)(H,20,23). The van der Waals surface area contributed by atoms with Gasteiger partial charge in [-0.15, -0.1) is 0 Å². The Morgan fingerprint density at radius 2 is 1.62 bits per heavy atom. The highest BCUT2D eigenvalue weighted by Gasteiger charge is 2.23. The summed E-state index contributed by atoms with van der Waals surface area (Å²) in [4.78, 5) is 24.0. The molecule has 0 aliphatic carbocycles. The fourth-order valence-corrected chi connectivity index (χ4v) is 5.35. The van der Waals surface area contributed by atoms with Gasteiger partial charge in [-0.25, -0.2) is 16.8 Å². The van der Waals surface area contributed by atoms with Crippen LogP contribution in [0.25, 0.3) is 0 Å². The first-order valence-electron chi connectivity index (χ1n) is 9.47. The molecular weight excluding hydrogens is 418 g/mol. The lowest BCUT2D eigenvalue weighted by molar-refractivity contribution is -0.119. The van der Waals surface area contributed by atoms with E-state index in [-0.39, 0.29) is 29.3 Å². The number of unbranched alkanes of at least 4 members (excludes halogenated alkanes) is 2. The van der Waals surface area contributed by atoms with Crippen LogP contribution >= 0.6 is 0 Å². The number of hydrazine groups is 1. The molecule has 0 aliphatic rings. The summed E-state index contributed by atoms with van der Waals surface area (Å²) in [5.41, 5.74) is 4.18. The monoisotopic (exact) mass is 447 g/mol. The minimum Gasteiger partial charge on any atom is -0.272 e. The lowest BCUT2D eigenvalue weighted by Crippen LogP contribution is -2.44. The topological polar surface area (TPSA) is 130 Å². The Labute approximate surface area is 172 Å². The molecule has 0 heterocycles. The molecule has 1 rings (SSSR count). The largest absolute Gasteiger partial charge is 0.272 e. The molecule has 0 unspecified atom stereocenters. The van der Waals surface area contributed by atoms with Crippen LogP contribution in [0.1, 0.15) is 50.4 Å². The van der Waals surface area contributed by atoms with Crippen LogP contribution in [0.3, 0.4) is 0 Å². The van der Waals surface area contributed by atoms with Gasteiger partial charge in [0.05, 0.1) is 10.6 Å². The maximum atomic E-state index is 12.6. The molecule has 0 spiro atoms. The molecule has 0 fully saturated rings. The lowest BCUT2D eigenvalue weighted by Gasteiger charge is -2.18. The van der Waals surface area contributed by atoms with E-state index in [1.165, 1.54) is 28.6 Å². The van der Waals surface area contributed by atoms with Crippen molar-refractivity contribution in [2.75, 3.05) is 24.6 Å². The maximum absolute atomic E-state index is 12.6. The van der Waals surface area contributed by atoms with Gasteiger partial charge in [-0.3, -0.25) is 20.4 Å². The van der Waals surface area contributed by atoms with Crippen LogP contribution < -0.4 is 10.9 Å². The third-order valence-corrected chi connectivity index (χ3v) is 7.82. The summed E-state index contributed by atoms with van der Waals surface area (Å²) in [5.74, 6) is -2.43. The van der Waals surface area contributed by atoms with Crippen LogP contribution in [0.5, 0.6) is 0 Å². The Kier molecular flexibility index (Phi) is 9.74. The van der Waals surface area contributed by atoms with Gasteiger partial charge in [0.25, 0.3) is 11.8 Å². The average molecular weight is 448 g/mol. The van der Waals surface area contributed by atoms with Crippen molar-refractivity contribution < 1.29 is 26.4 Å². The van der Waals surface area contributed by atoms with Crippen molar-refractivity contribution in [1.82, 2.24) is 15.2 Å². The zero-order valence-corrected chi connectivity index (χ0v) is 18.6. The number of carbonyl (C=O) groups excluding carboxylic acids is 2. The van der Waals surface area contributed by atoms with Gasteiger partial charge in [0.15, 0.2) is 9.84 Å². The normalized spacial score (nSPS) is 12.0. The van der Waals surface area contributed by atoms with Gasteiger partial charge in [-0.1, -0.05) is 39.7 Å². The predicted molar refractivity (Wildman–Crippen MR) is 110 cm³/mol. The van der Waals surface area contributed by atoms with Crippen LogP contribution in [-0.4, -0.2) is 57.6 Å². The van der Waals surface area contributed by atoms with Gasteiger partial charge in [0.2, 0.25) is 10.0 Å². The summed E-state index contributed by atoms with van der Waals surface area (Å²) in [7, 11) is -7.29. The Morgan fingerprint density at radius 3 is 2.21 bits per heavy atom. The molecular formula is C18H29N3O6S2. The molecule has 11 heteroatoms. The van der Waals surface area contributed by atoms with E-state index < -0.39 is 37.4 Å². The Hall–Kier alpha value is -1.98. The predicted octanol–water partition coefficient (Wildman–Crippen LogP) is 1.08. The Morgan fingerprint density at radius 1 is 0.966 bits per heavy atom. The van der Waals surface area contributed by atoms with Crippen molar-refractivity contribution in [3.05, 3.63) is 29.8 Å². The minimum absolute atomic E-state index is 0.0179. The first-order valence-corrected chi connectivity index (χ1v) is 12.7. The van der Waals surface area contributed by atoms with Crippen molar-refractivity contribution in [2.45, 2.75) is 44.9 Å². The first-order chi connectivity index (χ1) is 13.6. The third-order valence-electron chi connectivity index (χ3n) is 4.16. The Bertz CT molecular complexity index is 909. The average Bonchev–Trinajstić information content (AvgIpc) is 2.66. The number of rotatable bonds is 11. The number of amides is 2. The zero-order chi connectivity index (χ0) is 22.1. The van der Waals surface area contributed by atoms with Crippen LogP contribution in [0.15, 0.2) is 29.2 Å². The smallest absolute Gasteiger partial charge is 0.269 e. The van der Waals surface area contributed by atoms with E-state index in [1.807, 2.05) is 6.92 Å². The van der Waals surface area contributed by atoms with Gasteiger partial charge in [-0.05, 0) is 24.6 Å². The van der Waals surface area contributed by atoms with Crippen LogP contribution in [-0.2, 0) is 24.7 Å². The van der Waals surface area contributed by atoms with E-state index >= 15 is 0 Å². The molecule has 164 valence electrons. The van der Waals surface area contributed by atoms with Crippen molar-refractivity contribution in [3.63, 3.8) is 0 Å². The highest BCUT2D eigenvalue weighted by molar-refractivity contribution is 7.92. The van der Waals surface area contributed by atoms with Gasteiger partial charge in [0.1, 0.15) is 5.75 Å². The molecule has 29 heavy (non-hydrogen) atoms. The summed E-state index contributed by atoms with van der Waals surface area (Å²) in [6.07, 6.45) is 2.09. The maximum Gasteiger partial charge on any atom is 0.269 e. The highest BCUT2D eigenvalue weighted by atomic mass is 32.2. The van der Waals surface area contributed by atoms with Crippen molar-refractivity contribution >= 4 is 31.7 Å². The lowest BCUT2D eigenvalue weighted by atomic mass is 10.2. The van der Waals surface area contributed by atoms with Crippen LogP contribution in [0.4, 0.5) is 0 Å². The first kappa shape index (κ1) is 25.1. The summed E-state index contributed by atoms with van der Waals surface area (Å²) in [6, 6.07) is 5.40. The number of nitrogens with zero attached hydrogens (tertiary/aromatic N) is 1. The van der Waals surface area contributed by atoms with E-state index in [1.54, 1.807) is 13.8 Å². The molecule has 0 aromatic heterocycles. The van der Waals surface area contributed by atoms with Crippen molar-refractivity contribution in [1.29, 1.82) is 0 Å². The number of sulfone groups is 1. The summed E-state index contributed by atoms with van der Waals surface area (Å²) in [5, 5.41) is 0. The number of hydrogen-bond donors (Lipinski definition) is 2. The Balaban J connectivity index is 2.75. The van der Waals surface area contributed by atoms with Crippen molar-refractivity contribution in [2.24, 2.45) is 0 Å². The molecule has 2 amide bonds. The molecule has 1 aromatic rings. The second-order valence-electron chi connectivity index (χ2n) is 6.42. The molecule has 2 N–H and O–H groups in total.